The van der Waals surface area contributed by atoms with Crippen molar-refractivity contribution in [3.63, 3.8) is 0 Å². The summed E-state index contributed by atoms with van der Waals surface area (Å²) >= 11 is 0. The van der Waals surface area contributed by atoms with E-state index in [-0.39, 0.29) is 13.0 Å². The van der Waals surface area contributed by atoms with Gasteiger partial charge in [-0.1, -0.05) is 0 Å². The van der Waals surface area contributed by atoms with Gasteiger partial charge in [-0.05, 0) is 19.1 Å². The summed E-state index contributed by atoms with van der Waals surface area (Å²) in [7, 11) is 0. The van der Waals surface area contributed by atoms with E-state index in [1.165, 1.54) is 0 Å². The first-order chi connectivity index (χ1) is 8.04. The molecule has 0 aliphatic carbocycles. The first kappa shape index (κ1) is 14.6. The predicted molar refractivity (Wildman–Crippen MR) is 47.2 cm³/mol. The van der Waals surface area contributed by atoms with Crippen LogP contribution in [0.25, 0.3) is 0 Å². The largest absolute Gasteiger partial charge is 0.429 e. The normalized spacial score (nSPS) is 14.4. The number of alkyl halides is 5. The molecule has 0 spiro atoms. The summed E-state index contributed by atoms with van der Waals surface area (Å²) in [6.07, 6.45) is -9.86. The van der Waals surface area contributed by atoms with Gasteiger partial charge in [0.05, 0.1) is 0 Å². The van der Waals surface area contributed by atoms with Crippen LogP contribution in [0.15, 0.2) is 18.2 Å². The Bertz CT molecular complexity index is 427. The molecule has 102 valence electrons. The minimum Gasteiger partial charge on any atom is -0.429 e. The minimum absolute atomic E-state index is 0.196. The van der Waals surface area contributed by atoms with Crippen molar-refractivity contribution in [2.45, 2.75) is 19.2 Å². The van der Waals surface area contributed by atoms with Crippen LogP contribution in [0.4, 0.5) is 30.7 Å². The molecule has 0 heterocycles. The van der Waals surface area contributed by atoms with Crippen LogP contribution in [0.2, 0.25) is 0 Å². The molecule has 0 aliphatic heterocycles. The summed E-state index contributed by atoms with van der Waals surface area (Å²) in [6.45, 7) is 0.196. The zero-order chi connectivity index (χ0) is 14.1. The van der Waals surface area contributed by atoms with Gasteiger partial charge in [0, 0.05) is 6.07 Å². The Balaban J connectivity index is 2.95. The number of ether oxygens (including phenoxy) is 1. The molecular formula is C10H7F7O. The molecule has 1 atom stereocenters. The van der Waals surface area contributed by atoms with Crippen molar-refractivity contribution in [3.8, 4) is 5.75 Å². The molecule has 0 amide bonds. The Morgan fingerprint density at radius 2 is 1.61 bits per heavy atom. The van der Waals surface area contributed by atoms with Gasteiger partial charge in [-0.2, -0.15) is 22.0 Å². The van der Waals surface area contributed by atoms with Crippen molar-refractivity contribution in [2.24, 2.45) is 5.92 Å². The number of rotatable bonds is 3. The lowest BCUT2D eigenvalue weighted by Crippen LogP contribution is -2.41. The Hall–Kier alpha value is -1.47. The fraction of sp³-hybridized carbons (Fsp3) is 0.400. The van der Waals surface area contributed by atoms with Crippen molar-refractivity contribution in [1.29, 1.82) is 0 Å². The molecule has 1 nitrogen and oxygen atoms in total. The zero-order valence-corrected chi connectivity index (χ0v) is 8.86. The van der Waals surface area contributed by atoms with E-state index in [9.17, 15) is 30.7 Å². The molecule has 1 aromatic carbocycles. The van der Waals surface area contributed by atoms with Crippen LogP contribution in [0.5, 0.6) is 5.75 Å². The molecule has 8 heteroatoms. The molecule has 0 saturated carbocycles. The van der Waals surface area contributed by atoms with Crippen LogP contribution in [0.3, 0.4) is 0 Å². The van der Waals surface area contributed by atoms with E-state index in [0.717, 1.165) is 0 Å². The van der Waals surface area contributed by atoms with E-state index in [1.807, 2.05) is 0 Å². The van der Waals surface area contributed by atoms with Crippen LogP contribution in [0, 0.1) is 17.6 Å². The third-order valence-corrected chi connectivity index (χ3v) is 2.14. The lowest BCUT2D eigenvalue weighted by molar-refractivity contribution is -0.298. The van der Waals surface area contributed by atoms with E-state index in [2.05, 4.69) is 4.74 Å². The second-order valence-electron chi connectivity index (χ2n) is 3.50. The summed E-state index contributed by atoms with van der Waals surface area (Å²) in [5.74, 6) is -6.86. The monoisotopic (exact) mass is 276 g/mol. The Kier molecular flexibility index (Phi) is 3.78. The topological polar surface area (TPSA) is 9.23 Å². The molecule has 0 saturated heterocycles. The number of hydrogen-bond donors (Lipinski definition) is 0. The second-order valence-corrected chi connectivity index (χ2v) is 3.50. The van der Waals surface area contributed by atoms with Gasteiger partial charge in [-0.25, -0.2) is 8.78 Å². The number of benzene rings is 1. The van der Waals surface area contributed by atoms with Crippen molar-refractivity contribution in [1.82, 2.24) is 0 Å². The lowest BCUT2D eigenvalue weighted by Gasteiger charge is -2.25. The number of hydrogen-bond acceptors (Lipinski definition) is 1. The van der Waals surface area contributed by atoms with Crippen LogP contribution >= 0.6 is 0 Å². The van der Waals surface area contributed by atoms with Crippen molar-refractivity contribution in [2.75, 3.05) is 0 Å². The second kappa shape index (κ2) is 4.66. The Labute approximate surface area is 97.2 Å². The third-order valence-electron chi connectivity index (χ3n) is 2.14. The van der Waals surface area contributed by atoms with E-state index in [1.54, 1.807) is 0 Å². The maximum Gasteiger partial charge on any atom is 0.409 e. The predicted octanol–water partition coefficient (Wildman–Crippen LogP) is 4.13. The van der Waals surface area contributed by atoms with Gasteiger partial charge in [0.2, 0.25) is 0 Å². The van der Waals surface area contributed by atoms with E-state index >= 15 is 0 Å². The molecule has 0 aliphatic rings. The highest BCUT2D eigenvalue weighted by molar-refractivity contribution is 5.25. The molecule has 0 aromatic heterocycles. The van der Waals surface area contributed by atoms with Gasteiger partial charge in [-0.15, -0.1) is 0 Å². The Morgan fingerprint density at radius 3 is 2.06 bits per heavy atom. The first-order valence-corrected chi connectivity index (χ1v) is 4.62. The SMILES string of the molecule is CC(C(F)(F)F)C(F)(F)Oc1ccc(F)cc1F. The highest BCUT2D eigenvalue weighted by Crippen LogP contribution is 2.39. The van der Waals surface area contributed by atoms with E-state index in [4.69, 9.17) is 0 Å². The molecule has 0 bridgehead atoms. The molecule has 1 rings (SSSR count). The van der Waals surface area contributed by atoms with Gasteiger partial charge >= 0.3 is 12.3 Å². The lowest BCUT2D eigenvalue weighted by atomic mass is 10.1. The third kappa shape index (κ3) is 3.27. The van der Waals surface area contributed by atoms with Crippen LogP contribution in [0.1, 0.15) is 6.92 Å². The summed E-state index contributed by atoms with van der Waals surface area (Å²) in [5, 5.41) is 0. The van der Waals surface area contributed by atoms with Gasteiger partial charge < -0.3 is 4.74 Å². The van der Waals surface area contributed by atoms with Gasteiger partial charge in [-0.3, -0.25) is 0 Å². The smallest absolute Gasteiger partial charge is 0.409 e. The molecule has 0 radical (unpaired) electrons. The van der Waals surface area contributed by atoms with Crippen LogP contribution in [-0.2, 0) is 0 Å². The highest BCUT2D eigenvalue weighted by Gasteiger charge is 2.55. The summed E-state index contributed by atoms with van der Waals surface area (Å²) in [4.78, 5) is 0. The average Bonchev–Trinajstić information content (AvgIpc) is 2.20. The summed E-state index contributed by atoms with van der Waals surface area (Å²) in [5.41, 5.74) is 0. The fourth-order valence-corrected chi connectivity index (χ4v) is 0.984. The van der Waals surface area contributed by atoms with Gasteiger partial charge in [0.15, 0.2) is 17.5 Å². The van der Waals surface area contributed by atoms with Crippen LogP contribution < -0.4 is 4.74 Å². The van der Waals surface area contributed by atoms with Crippen LogP contribution in [-0.4, -0.2) is 12.3 Å². The zero-order valence-electron chi connectivity index (χ0n) is 8.86. The van der Waals surface area contributed by atoms with Crippen molar-refractivity contribution < 1.29 is 35.5 Å². The van der Waals surface area contributed by atoms with E-state index in [0.29, 0.717) is 12.1 Å². The van der Waals surface area contributed by atoms with E-state index < -0.39 is 35.6 Å². The maximum absolute atomic E-state index is 13.1. The molecule has 18 heavy (non-hydrogen) atoms. The van der Waals surface area contributed by atoms with Gasteiger partial charge in [0.25, 0.3) is 0 Å². The summed E-state index contributed by atoms with van der Waals surface area (Å²) < 4.78 is 91.6. The van der Waals surface area contributed by atoms with Gasteiger partial charge in [0.1, 0.15) is 5.82 Å². The Morgan fingerprint density at radius 1 is 1.06 bits per heavy atom. The molecule has 1 aromatic rings. The summed E-state index contributed by atoms with van der Waals surface area (Å²) in [6, 6.07) is 1.30. The van der Waals surface area contributed by atoms with Crippen molar-refractivity contribution >= 4 is 0 Å². The molecule has 0 fully saturated rings. The minimum atomic E-state index is -5.21. The first-order valence-electron chi connectivity index (χ1n) is 4.62. The fourth-order valence-electron chi connectivity index (χ4n) is 0.984. The average molecular weight is 276 g/mol. The maximum atomic E-state index is 13.1. The standard InChI is InChI=1S/C10H7F7O/c1-5(9(13,14)15)10(16,17)18-8-3-2-6(11)4-7(8)12/h2-5H,1H3. The highest BCUT2D eigenvalue weighted by atomic mass is 19.4. The quantitative estimate of drug-likeness (QED) is 0.754. The van der Waals surface area contributed by atoms with Crippen molar-refractivity contribution in [3.05, 3.63) is 29.8 Å². The molecular weight excluding hydrogens is 269 g/mol. The molecule has 0 N–H and O–H groups in total. The molecule has 1 unspecified atom stereocenters. The number of halogens is 7.